The summed E-state index contributed by atoms with van der Waals surface area (Å²) in [5.41, 5.74) is 0.731. The zero-order valence-corrected chi connectivity index (χ0v) is 27.6. The molecule has 2 aromatic rings. The summed E-state index contributed by atoms with van der Waals surface area (Å²) in [4.78, 5) is 26.0. The fourth-order valence-corrected chi connectivity index (χ4v) is 5.28. The van der Waals surface area contributed by atoms with E-state index in [0.717, 1.165) is 12.2 Å². The summed E-state index contributed by atoms with van der Waals surface area (Å²) >= 11 is 0. The molecule has 18 nitrogen and oxygen atoms in total. The quantitative estimate of drug-likeness (QED) is 0.0819. The first kappa shape index (κ1) is 39.3. The normalized spacial score (nSPS) is 29.3. The first-order valence-corrected chi connectivity index (χ1v) is 15.3. The number of carbonyl (C=O) groups is 2. The predicted molar refractivity (Wildman–Crippen MR) is 170 cm³/mol. The molecule has 2 aliphatic heterocycles. The van der Waals surface area contributed by atoms with E-state index in [1.54, 1.807) is 0 Å². The maximum atomic E-state index is 13.1. The molecule has 9 atom stereocenters. The lowest BCUT2D eigenvalue weighted by Gasteiger charge is -2.43. The fourth-order valence-electron chi connectivity index (χ4n) is 5.28. The minimum Gasteiger partial charge on any atom is -0.504 e. The molecular weight excluding hydrogens is 684 g/mol. The second-order valence-electron chi connectivity index (χ2n) is 11.3. The molecule has 0 aromatic heterocycles. The van der Waals surface area contributed by atoms with Crippen molar-refractivity contribution in [1.82, 2.24) is 0 Å². The maximum Gasteiger partial charge on any atom is 0.331 e. The Kier molecular flexibility index (Phi) is 13.2. The Morgan fingerprint density at radius 1 is 0.765 bits per heavy atom. The van der Waals surface area contributed by atoms with E-state index in [2.05, 4.69) is 0 Å². The second-order valence-corrected chi connectivity index (χ2v) is 11.3. The second kappa shape index (κ2) is 17.1. The number of rotatable bonds is 14. The van der Waals surface area contributed by atoms with Crippen LogP contribution in [0, 0.1) is 0 Å². The number of methoxy groups -OCH3 is 3. The molecule has 4 rings (SSSR count). The van der Waals surface area contributed by atoms with Crippen LogP contribution in [0.4, 0.5) is 0 Å². The van der Waals surface area contributed by atoms with Crippen LogP contribution in [0.3, 0.4) is 0 Å². The maximum absolute atomic E-state index is 13.1. The molecule has 2 aromatic carbocycles. The molecule has 0 spiro atoms. The third-order valence-corrected chi connectivity index (χ3v) is 8.01. The zero-order chi connectivity index (χ0) is 37.5. The molecule has 51 heavy (non-hydrogen) atoms. The van der Waals surface area contributed by atoms with Crippen molar-refractivity contribution in [1.29, 1.82) is 0 Å². The van der Waals surface area contributed by atoms with E-state index in [4.69, 9.17) is 37.9 Å². The average molecular weight is 725 g/mol. The van der Waals surface area contributed by atoms with Crippen LogP contribution >= 0.6 is 0 Å². The van der Waals surface area contributed by atoms with Gasteiger partial charge in [0.2, 0.25) is 11.5 Å². The highest BCUT2D eigenvalue weighted by Crippen LogP contribution is 2.40. The summed E-state index contributed by atoms with van der Waals surface area (Å²) in [5.74, 6) is -4.92. The van der Waals surface area contributed by atoms with Gasteiger partial charge in [-0.1, -0.05) is 6.07 Å². The van der Waals surface area contributed by atoms with Crippen molar-refractivity contribution >= 4 is 24.1 Å². The number of carbonyl (C=O) groups excluding carboxylic acids is 2. The van der Waals surface area contributed by atoms with Crippen molar-refractivity contribution in [2.45, 2.75) is 54.8 Å². The van der Waals surface area contributed by atoms with E-state index in [0.29, 0.717) is 11.1 Å². The summed E-state index contributed by atoms with van der Waals surface area (Å²) < 4.78 is 43.2. The van der Waals surface area contributed by atoms with Gasteiger partial charge in [-0.15, -0.1) is 0 Å². The molecule has 0 amide bonds. The van der Waals surface area contributed by atoms with Crippen molar-refractivity contribution < 1.29 is 88.3 Å². The number of aliphatic hydroxyl groups is 6. The van der Waals surface area contributed by atoms with Crippen LogP contribution in [-0.2, 0) is 33.3 Å². The highest BCUT2D eigenvalue weighted by Gasteiger charge is 2.61. The van der Waals surface area contributed by atoms with Crippen molar-refractivity contribution in [3.63, 3.8) is 0 Å². The molecule has 8 N–H and O–H groups in total. The van der Waals surface area contributed by atoms with Crippen LogP contribution < -0.4 is 14.2 Å². The van der Waals surface area contributed by atoms with Crippen LogP contribution in [0.25, 0.3) is 12.2 Å². The minimum atomic E-state index is -2.54. The molecule has 0 saturated carbocycles. The van der Waals surface area contributed by atoms with Gasteiger partial charge in [-0.2, -0.15) is 0 Å². The van der Waals surface area contributed by atoms with E-state index in [1.165, 1.54) is 63.8 Å². The summed E-state index contributed by atoms with van der Waals surface area (Å²) in [7, 11) is 3.95. The molecule has 2 fully saturated rings. The molecule has 0 aliphatic carbocycles. The van der Waals surface area contributed by atoms with Crippen molar-refractivity contribution in [3.05, 3.63) is 53.6 Å². The van der Waals surface area contributed by atoms with Gasteiger partial charge in [0, 0.05) is 12.2 Å². The van der Waals surface area contributed by atoms with Crippen molar-refractivity contribution in [2.75, 3.05) is 41.2 Å². The van der Waals surface area contributed by atoms with Gasteiger partial charge in [0.1, 0.15) is 43.2 Å². The van der Waals surface area contributed by atoms with E-state index >= 15 is 0 Å². The number of benzene rings is 2. The monoisotopic (exact) mass is 724 g/mol. The number of ether oxygens (including phenoxy) is 8. The van der Waals surface area contributed by atoms with Crippen LogP contribution in [0.5, 0.6) is 28.7 Å². The third kappa shape index (κ3) is 8.87. The van der Waals surface area contributed by atoms with Gasteiger partial charge < -0.3 is 78.7 Å². The number of phenolic OH excluding ortho intramolecular Hbond substituents is 2. The molecule has 18 heteroatoms. The Morgan fingerprint density at radius 3 is 1.96 bits per heavy atom. The summed E-state index contributed by atoms with van der Waals surface area (Å²) in [6.45, 7) is -2.69. The van der Waals surface area contributed by atoms with Gasteiger partial charge in [-0.3, -0.25) is 0 Å². The highest BCUT2D eigenvalue weighted by atomic mass is 16.8. The molecule has 0 unspecified atom stereocenters. The minimum absolute atomic E-state index is 0.0425. The van der Waals surface area contributed by atoms with E-state index in [-0.39, 0.29) is 28.7 Å². The Morgan fingerprint density at radius 2 is 1.35 bits per heavy atom. The van der Waals surface area contributed by atoms with Gasteiger partial charge in [-0.05, 0) is 47.5 Å². The number of hydrogen-bond acceptors (Lipinski definition) is 18. The largest absolute Gasteiger partial charge is 0.504 e. The summed E-state index contributed by atoms with van der Waals surface area (Å²) in [6.07, 6.45) is -9.92. The number of esters is 2. The molecule has 2 saturated heterocycles. The fraction of sp³-hybridized carbons (Fsp3) is 0.455. The van der Waals surface area contributed by atoms with Crippen LogP contribution in [0.1, 0.15) is 11.1 Å². The predicted octanol–water partition coefficient (Wildman–Crippen LogP) is -1.43. The topological polar surface area (TPSA) is 270 Å². The smallest absolute Gasteiger partial charge is 0.331 e. The lowest BCUT2D eigenvalue weighted by molar-refractivity contribution is -0.383. The van der Waals surface area contributed by atoms with Crippen molar-refractivity contribution in [3.8, 4) is 28.7 Å². The van der Waals surface area contributed by atoms with Gasteiger partial charge in [-0.25, -0.2) is 9.59 Å². The number of aliphatic hydroxyl groups excluding tert-OH is 6. The third-order valence-electron chi connectivity index (χ3n) is 8.01. The van der Waals surface area contributed by atoms with E-state index < -0.39 is 86.6 Å². The molecular formula is C33H40O18. The standard InChI is InChI=1S/C33H40O18/c1-44-19-10-16(4-7-18(19)36)5-9-25(38)49-31-28(41)23(14-35)50-33(31,51-32-30(43)29(42)27(40)22(13-34)48-32)15-47-24(37)8-6-17-11-20(45-2)26(39)21(12-17)46-3/h4-12,22-23,27-32,34-36,39-43H,13-15H2,1-3H3/b8-6+,9-5-/t22-,23+,27-,28-,29+,30-,31+,32+,33+/m0/s1. The van der Waals surface area contributed by atoms with Gasteiger partial charge >= 0.3 is 11.9 Å². The molecule has 0 bridgehead atoms. The molecule has 280 valence electrons. The number of phenols is 2. The van der Waals surface area contributed by atoms with E-state index in [1.807, 2.05) is 0 Å². The van der Waals surface area contributed by atoms with Gasteiger partial charge in [0.05, 0.1) is 34.5 Å². The molecule has 0 radical (unpaired) electrons. The first-order valence-electron chi connectivity index (χ1n) is 15.3. The van der Waals surface area contributed by atoms with Gasteiger partial charge in [0.25, 0.3) is 0 Å². The first-order chi connectivity index (χ1) is 24.3. The summed E-state index contributed by atoms with van der Waals surface area (Å²) in [6, 6.07) is 6.98. The number of aromatic hydroxyl groups is 2. The van der Waals surface area contributed by atoms with Crippen LogP contribution in [-0.4, -0.2) is 149 Å². The lowest BCUT2D eigenvalue weighted by atomic mass is 9.99. The van der Waals surface area contributed by atoms with E-state index in [9.17, 15) is 50.4 Å². The Balaban J connectivity index is 1.64. The highest BCUT2D eigenvalue weighted by molar-refractivity contribution is 5.88. The Labute approximate surface area is 290 Å². The van der Waals surface area contributed by atoms with Crippen LogP contribution in [0.2, 0.25) is 0 Å². The average Bonchev–Trinajstić information content (AvgIpc) is 3.39. The Hall–Kier alpha value is -4.50. The Bertz CT molecular complexity index is 1550. The van der Waals surface area contributed by atoms with Crippen molar-refractivity contribution in [2.24, 2.45) is 0 Å². The number of hydrogen-bond donors (Lipinski definition) is 8. The zero-order valence-electron chi connectivity index (χ0n) is 27.6. The molecule has 2 aliphatic rings. The summed E-state index contributed by atoms with van der Waals surface area (Å²) in [5, 5.41) is 82.1. The van der Waals surface area contributed by atoms with Crippen LogP contribution in [0.15, 0.2) is 42.5 Å². The lowest BCUT2D eigenvalue weighted by Crippen LogP contribution is -2.63. The molecule has 2 heterocycles. The van der Waals surface area contributed by atoms with Gasteiger partial charge in [0.15, 0.2) is 35.4 Å². The SMILES string of the molecule is COc1cc(/C=C\C(=O)O[C@@H]2[C@@H](O)[C@@H](CO)O[C@]2(COC(=O)/C=C/c2cc(OC)c(O)c(OC)c2)O[C@H]2O[C@@H](CO)[C@H](O)[C@@H](O)[C@@H]2O)ccc1O.